The third-order valence-corrected chi connectivity index (χ3v) is 3.11. The molecule has 3 nitrogen and oxygen atoms in total. The van der Waals surface area contributed by atoms with Crippen LogP contribution in [-0.4, -0.2) is 10.1 Å². The standard InChI is InChI=1S/C13H13ClN2O/c1-13(17,9-4-2-3-5-11(9)14)10-8-16-7-6-12(10)15/h2-8,17H,1H3,(H2,15,16). The lowest BCUT2D eigenvalue weighted by molar-refractivity contribution is 0.103. The van der Waals surface area contributed by atoms with Crippen molar-refractivity contribution in [1.82, 2.24) is 4.98 Å². The van der Waals surface area contributed by atoms with Crippen molar-refractivity contribution in [2.45, 2.75) is 12.5 Å². The highest BCUT2D eigenvalue weighted by Crippen LogP contribution is 2.35. The minimum absolute atomic E-state index is 0.491. The molecule has 1 unspecified atom stereocenters. The normalized spacial score (nSPS) is 14.3. The van der Waals surface area contributed by atoms with Crippen molar-refractivity contribution < 1.29 is 5.11 Å². The van der Waals surface area contributed by atoms with Crippen LogP contribution in [0.2, 0.25) is 5.02 Å². The van der Waals surface area contributed by atoms with Crippen molar-refractivity contribution in [3.63, 3.8) is 0 Å². The minimum atomic E-state index is -1.25. The van der Waals surface area contributed by atoms with E-state index in [1.54, 1.807) is 37.5 Å². The summed E-state index contributed by atoms with van der Waals surface area (Å²) < 4.78 is 0. The molecule has 1 atom stereocenters. The number of benzene rings is 1. The summed E-state index contributed by atoms with van der Waals surface area (Å²) in [5.74, 6) is 0. The number of nitrogens with zero attached hydrogens (tertiary/aromatic N) is 1. The molecule has 4 heteroatoms. The molecule has 0 aliphatic carbocycles. The number of aromatic nitrogens is 1. The molecule has 1 heterocycles. The fourth-order valence-electron chi connectivity index (χ4n) is 1.81. The maximum Gasteiger partial charge on any atom is 0.117 e. The van der Waals surface area contributed by atoms with Crippen molar-refractivity contribution in [3.8, 4) is 0 Å². The van der Waals surface area contributed by atoms with Gasteiger partial charge >= 0.3 is 0 Å². The molecule has 0 aliphatic heterocycles. The fraction of sp³-hybridized carbons (Fsp3) is 0.154. The van der Waals surface area contributed by atoms with Crippen LogP contribution in [0.15, 0.2) is 42.7 Å². The summed E-state index contributed by atoms with van der Waals surface area (Å²) >= 11 is 6.09. The Morgan fingerprint density at radius 1 is 1.24 bits per heavy atom. The summed E-state index contributed by atoms with van der Waals surface area (Å²) in [6, 6.07) is 8.80. The molecule has 0 fully saturated rings. The molecule has 88 valence electrons. The van der Waals surface area contributed by atoms with Gasteiger partial charge in [-0.3, -0.25) is 4.98 Å². The zero-order valence-corrected chi connectivity index (χ0v) is 10.1. The van der Waals surface area contributed by atoms with Crippen LogP contribution < -0.4 is 5.73 Å². The first-order chi connectivity index (χ1) is 8.03. The van der Waals surface area contributed by atoms with Gasteiger partial charge in [-0.2, -0.15) is 0 Å². The van der Waals surface area contributed by atoms with Gasteiger partial charge in [0, 0.05) is 34.2 Å². The van der Waals surface area contributed by atoms with Gasteiger partial charge < -0.3 is 10.8 Å². The first kappa shape index (κ1) is 11.9. The van der Waals surface area contributed by atoms with Gasteiger partial charge in [-0.15, -0.1) is 0 Å². The van der Waals surface area contributed by atoms with E-state index in [2.05, 4.69) is 4.98 Å². The Bertz CT molecular complexity index is 493. The quantitative estimate of drug-likeness (QED) is 0.859. The molecule has 0 spiro atoms. The molecule has 2 rings (SSSR count). The lowest BCUT2D eigenvalue weighted by atomic mass is 9.88. The van der Waals surface area contributed by atoms with E-state index in [9.17, 15) is 5.11 Å². The molecule has 0 saturated heterocycles. The smallest absolute Gasteiger partial charge is 0.117 e. The topological polar surface area (TPSA) is 59.1 Å². The van der Waals surface area contributed by atoms with Gasteiger partial charge in [0.15, 0.2) is 0 Å². The molecule has 1 aromatic carbocycles. The van der Waals surface area contributed by atoms with Gasteiger partial charge in [-0.25, -0.2) is 0 Å². The number of nitrogens with two attached hydrogens (primary N) is 1. The molecule has 0 bridgehead atoms. The lowest BCUT2D eigenvalue weighted by Crippen LogP contribution is -2.24. The molecule has 0 amide bonds. The van der Waals surface area contributed by atoms with E-state index < -0.39 is 5.60 Å². The van der Waals surface area contributed by atoms with Crippen LogP contribution in [0.25, 0.3) is 0 Å². The van der Waals surface area contributed by atoms with Gasteiger partial charge in [0.1, 0.15) is 5.60 Å². The summed E-state index contributed by atoms with van der Waals surface area (Å²) in [5, 5.41) is 11.1. The Hall–Kier alpha value is -1.58. The number of aliphatic hydroxyl groups is 1. The number of nitrogen functional groups attached to an aromatic ring is 1. The van der Waals surface area contributed by atoms with E-state index in [4.69, 9.17) is 17.3 Å². The van der Waals surface area contributed by atoms with Crippen LogP contribution >= 0.6 is 11.6 Å². The van der Waals surface area contributed by atoms with E-state index in [0.717, 1.165) is 0 Å². The molecule has 0 saturated carbocycles. The summed E-state index contributed by atoms with van der Waals surface area (Å²) in [6.07, 6.45) is 3.14. The number of halogens is 1. The second-order valence-electron chi connectivity index (χ2n) is 4.01. The highest BCUT2D eigenvalue weighted by atomic mass is 35.5. The van der Waals surface area contributed by atoms with Crippen molar-refractivity contribution in [1.29, 1.82) is 0 Å². The minimum Gasteiger partial charge on any atom is -0.398 e. The van der Waals surface area contributed by atoms with Gasteiger partial charge in [0.05, 0.1) is 0 Å². The number of anilines is 1. The van der Waals surface area contributed by atoms with Crippen molar-refractivity contribution >= 4 is 17.3 Å². The van der Waals surface area contributed by atoms with E-state index >= 15 is 0 Å². The Morgan fingerprint density at radius 2 is 1.94 bits per heavy atom. The van der Waals surface area contributed by atoms with Crippen LogP contribution in [0, 0.1) is 0 Å². The third kappa shape index (κ3) is 2.12. The predicted molar refractivity (Wildman–Crippen MR) is 68.8 cm³/mol. The lowest BCUT2D eigenvalue weighted by Gasteiger charge is -2.26. The second kappa shape index (κ2) is 4.35. The Labute approximate surface area is 105 Å². The average Bonchev–Trinajstić information content (AvgIpc) is 2.29. The highest BCUT2D eigenvalue weighted by molar-refractivity contribution is 6.31. The molecule has 1 aromatic heterocycles. The molecular formula is C13H13ClN2O. The summed E-state index contributed by atoms with van der Waals surface area (Å²) in [5.41, 5.74) is 6.25. The van der Waals surface area contributed by atoms with Gasteiger partial charge in [-0.05, 0) is 19.1 Å². The zero-order valence-electron chi connectivity index (χ0n) is 9.39. The summed E-state index contributed by atoms with van der Waals surface area (Å²) in [6.45, 7) is 1.65. The molecule has 0 radical (unpaired) electrons. The van der Waals surface area contributed by atoms with E-state index in [-0.39, 0.29) is 0 Å². The van der Waals surface area contributed by atoms with E-state index in [1.807, 2.05) is 12.1 Å². The number of hydrogen-bond donors (Lipinski definition) is 2. The van der Waals surface area contributed by atoms with E-state index in [0.29, 0.717) is 21.8 Å². The van der Waals surface area contributed by atoms with Crippen molar-refractivity contribution in [2.24, 2.45) is 0 Å². The molecular weight excluding hydrogens is 236 g/mol. The largest absolute Gasteiger partial charge is 0.398 e. The maximum atomic E-state index is 10.6. The first-order valence-electron chi connectivity index (χ1n) is 5.21. The van der Waals surface area contributed by atoms with Crippen LogP contribution in [-0.2, 0) is 5.60 Å². The predicted octanol–water partition coefficient (Wildman–Crippen LogP) is 2.57. The average molecular weight is 249 g/mol. The SMILES string of the molecule is CC(O)(c1cnccc1N)c1ccccc1Cl. The Morgan fingerprint density at radius 3 is 2.59 bits per heavy atom. The summed E-state index contributed by atoms with van der Waals surface area (Å²) in [4.78, 5) is 3.98. The molecule has 2 aromatic rings. The van der Waals surface area contributed by atoms with Crippen LogP contribution in [0.4, 0.5) is 5.69 Å². The van der Waals surface area contributed by atoms with Crippen molar-refractivity contribution in [2.75, 3.05) is 5.73 Å². The van der Waals surface area contributed by atoms with Gasteiger partial charge in [0.25, 0.3) is 0 Å². The number of pyridine rings is 1. The monoisotopic (exact) mass is 248 g/mol. The van der Waals surface area contributed by atoms with Crippen LogP contribution in [0.5, 0.6) is 0 Å². The van der Waals surface area contributed by atoms with Gasteiger partial charge in [0.2, 0.25) is 0 Å². The van der Waals surface area contributed by atoms with Crippen molar-refractivity contribution in [3.05, 3.63) is 58.9 Å². The zero-order chi connectivity index (χ0) is 12.5. The third-order valence-electron chi connectivity index (χ3n) is 2.78. The molecule has 0 aliphatic rings. The van der Waals surface area contributed by atoms with E-state index in [1.165, 1.54) is 0 Å². The number of rotatable bonds is 2. The maximum absolute atomic E-state index is 10.6. The summed E-state index contributed by atoms with van der Waals surface area (Å²) in [7, 11) is 0. The van der Waals surface area contributed by atoms with Crippen LogP contribution in [0.1, 0.15) is 18.1 Å². The van der Waals surface area contributed by atoms with Crippen LogP contribution in [0.3, 0.4) is 0 Å². The van der Waals surface area contributed by atoms with Gasteiger partial charge in [-0.1, -0.05) is 29.8 Å². The Kier molecular flexibility index (Phi) is 3.05. The molecule has 17 heavy (non-hydrogen) atoms. The fourth-order valence-corrected chi connectivity index (χ4v) is 2.13. The number of hydrogen-bond acceptors (Lipinski definition) is 3. The Balaban J connectivity index is 2.58. The molecule has 3 N–H and O–H groups in total. The highest BCUT2D eigenvalue weighted by Gasteiger charge is 2.29. The second-order valence-corrected chi connectivity index (χ2v) is 4.42. The first-order valence-corrected chi connectivity index (χ1v) is 5.58.